The molecular weight excluding hydrogens is 371 g/mol. The molecule has 0 unspecified atom stereocenters. The number of hydrogen-bond donors (Lipinski definition) is 1. The van der Waals surface area contributed by atoms with E-state index in [1.807, 2.05) is 26.0 Å². The summed E-state index contributed by atoms with van der Waals surface area (Å²) in [5, 5.41) is 2.88. The van der Waals surface area contributed by atoms with Crippen LogP contribution in [0.3, 0.4) is 0 Å². The Bertz CT molecular complexity index is 804. The average Bonchev–Trinajstić information content (AvgIpc) is 2.71. The van der Waals surface area contributed by atoms with E-state index in [-0.39, 0.29) is 30.6 Å². The number of carbonyl (C=O) groups excluding carboxylic acids is 2. The molecule has 0 radical (unpaired) electrons. The minimum absolute atomic E-state index is 0.160. The molecule has 0 heterocycles. The van der Waals surface area contributed by atoms with Crippen molar-refractivity contribution in [2.75, 3.05) is 13.7 Å². The number of hydrogen-bond acceptors (Lipinski definition) is 3. The van der Waals surface area contributed by atoms with Crippen molar-refractivity contribution in [3.8, 4) is 5.75 Å². The second kappa shape index (κ2) is 10.6. The largest absolute Gasteiger partial charge is 0.497 e. The Kier molecular flexibility index (Phi) is 8.19. The summed E-state index contributed by atoms with van der Waals surface area (Å²) >= 11 is 0. The third-order valence-corrected chi connectivity index (χ3v) is 4.63. The van der Waals surface area contributed by atoms with Gasteiger partial charge in [-0.2, -0.15) is 0 Å². The van der Waals surface area contributed by atoms with Crippen LogP contribution in [-0.2, 0) is 22.6 Å². The molecular formula is C23H29FN2O3. The van der Waals surface area contributed by atoms with Gasteiger partial charge in [-0.1, -0.05) is 38.1 Å². The Labute approximate surface area is 171 Å². The highest BCUT2D eigenvalue weighted by Crippen LogP contribution is 2.16. The zero-order valence-corrected chi connectivity index (χ0v) is 17.4. The lowest BCUT2D eigenvalue weighted by Gasteiger charge is -2.29. The molecule has 0 saturated carbocycles. The maximum atomic E-state index is 13.2. The molecule has 2 rings (SSSR count). The van der Waals surface area contributed by atoms with Gasteiger partial charge in [0.15, 0.2) is 0 Å². The molecule has 0 aromatic heterocycles. The van der Waals surface area contributed by atoms with Gasteiger partial charge in [-0.25, -0.2) is 4.39 Å². The molecule has 5 nitrogen and oxygen atoms in total. The Morgan fingerprint density at radius 3 is 2.14 bits per heavy atom. The number of amides is 2. The molecule has 29 heavy (non-hydrogen) atoms. The SMILES string of the molecule is COc1ccc(CC(=O)N(Cc2ccc(F)cc2)[C@@H](C)C(=O)NCC(C)C)cc1. The molecule has 1 N–H and O–H groups in total. The number of rotatable bonds is 9. The van der Waals surface area contributed by atoms with Gasteiger partial charge >= 0.3 is 0 Å². The van der Waals surface area contributed by atoms with Crippen LogP contribution in [0, 0.1) is 11.7 Å². The number of nitrogens with zero attached hydrogens (tertiary/aromatic N) is 1. The van der Waals surface area contributed by atoms with Gasteiger partial charge in [0.1, 0.15) is 17.6 Å². The fourth-order valence-corrected chi connectivity index (χ4v) is 2.84. The summed E-state index contributed by atoms with van der Waals surface area (Å²) in [5.41, 5.74) is 1.59. The number of benzene rings is 2. The van der Waals surface area contributed by atoms with Crippen molar-refractivity contribution in [1.82, 2.24) is 10.2 Å². The van der Waals surface area contributed by atoms with Crippen LogP contribution in [0.25, 0.3) is 0 Å². The van der Waals surface area contributed by atoms with Gasteiger partial charge in [-0.15, -0.1) is 0 Å². The Balaban J connectivity index is 2.18. The van der Waals surface area contributed by atoms with E-state index in [9.17, 15) is 14.0 Å². The average molecular weight is 400 g/mol. The predicted octanol–water partition coefficient (Wildman–Crippen LogP) is 3.57. The van der Waals surface area contributed by atoms with E-state index in [2.05, 4.69) is 5.32 Å². The van der Waals surface area contributed by atoms with Crippen LogP contribution in [0.4, 0.5) is 4.39 Å². The maximum absolute atomic E-state index is 13.2. The first kappa shape index (κ1) is 22.4. The van der Waals surface area contributed by atoms with Gasteiger partial charge in [0.05, 0.1) is 13.5 Å². The molecule has 0 aliphatic carbocycles. The molecule has 0 aliphatic heterocycles. The standard InChI is InChI=1S/C23H29FN2O3/c1-16(2)14-25-23(28)17(3)26(15-19-5-9-20(24)10-6-19)22(27)13-18-7-11-21(29-4)12-8-18/h5-12,16-17H,13-15H2,1-4H3,(H,25,28)/t17-/m0/s1. The number of carbonyl (C=O) groups is 2. The van der Waals surface area contributed by atoms with Crippen molar-refractivity contribution in [2.24, 2.45) is 5.92 Å². The lowest BCUT2D eigenvalue weighted by molar-refractivity contribution is -0.140. The first-order valence-corrected chi connectivity index (χ1v) is 9.74. The lowest BCUT2D eigenvalue weighted by atomic mass is 10.1. The Hall–Kier alpha value is -2.89. The molecule has 0 spiro atoms. The second-order valence-electron chi connectivity index (χ2n) is 7.49. The van der Waals surface area contributed by atoms with Crippen molar-refractivity contribution >= 4 is 11.8 Å². The monoisotopic (exact) mass is 400 g/mol. The molecule has 0 aliphatic rings. The number of halogens is 1. The zero-order chi connectivity index (χ0) is 21.4. The van der Waals surface area contributed by atoms with Gasteiger partial charge in [0.25, 0.3) is 0 Å². The molecule has 2 amide bonds. The van der Waals surface area contributed by atoms with E-state index in [0.717, 1.165) is 11.1 Å². The van der Waals surface area contributed by atoms with Gasteiger partial charge in [-0.05, 0) is 48.2 Å². The Morgan fingerprint density at radius 1 is 1.00 bits per heavy atom. The van der Waals surface area contributed by atoms with Gasteiger partial charge in [0, 0.05) is 13.1 Å². The summed E-state index contributed by atoms with van der Waals surface area (Å²) in [6.07, 6.45) is 0.160. The Morgan fingerprint density at radius 2 is 1.59 bits per heavy atom. The first-order valence-electron chi connectivity index (χ1n) is 9.74. The molecule has 0 saturated heterocycles. The van der Waals surface area contributed by atoms with Crippen LogP contribution in [0.1, 0.15) is 31.9 Å². The summed E-state index contributed by atoms with van der Waals surface area (Å²) in [4.78, 5) is 27.2. The summed E-state index contributed by atoms with van der Waals surface area (Å²) in [5.74, 6) is 0.306. The summed E-state index contributed by atoms with van der Waals surface area (Å²) in [6.45, 7) is 6.50. The van der Waals surface area contributed by atoms with E-state index < -0.39 is 6.04 Å². The summed E-state index contributed by atoms with van der Waals surface area (Å²) < 4.78 is 18.4. The van der Waals surface area contributed by atoms with Crippen LogP contribution in [0.2, 0.25) is 0 Å². The third kappa shape index (κ3) is 6.89. The zero-order valence-electron chi connectivity index (χ0n) is 17.4. The van der Waals surface area contributed by atoms with Crippen LogP contribution in [0.15, 0.2) is 48.5 Å². The summed E-state index contributed by atoms with van der Waals surface area (Å²) in [6, 6.07) is 12.6. The van der Waals surface area contributed by atoms with Crippen LogP contribution in [0.5, 0.6) is 5.75 Å². The lowest BCUT2D eigenvalue weighted by Crippen LogP contribution is -2.48. The number of methoxy groups -OCH3 is 1. The smallest absolute Gasteiger partial charge is 0.242 e. The van der Waals surface area contributed by atoms with E-state index in [1.54, 1.807) is 38.3 Å². The highest BCUT2D eigenvalue weighted by molar-refractivity contribution is 5.88. The minimum atomic E-state index is -0.649. The molecule has 2 aromatic carbocycles. The first-order chi connectivity index (χ1) is 13.8. The van der Waals surface area contributed by atoms with Crippen LogP contribution in [-0.4, -0.2) is 36.4 Å². The number of nitrogens with one attached hydrogen (secondary N) is 1. The molecule has 0 fully saturated rings. The fraction of sp³-hybridized carbons (Fsp3) is 0.391. The summed E-state index contributed by atoms with van der Waals surface area (Å²) in [7, 11) is 1.59. The highest BCUT2D eigenvalue weighted by Gasteiger charge is 2.26. The van der Waals surface area contributed by atoms with E-state index >= 15 is 0 Å². The van der Waals surface area contributed by atoms with Crippen molar-refractivity contribution in [1.29, 1.82) is 0 Å². The quantitative estimate of drug-likeness (QED) is 0.700. The van der Waals surface area contributed by atoms with Gasteiger partial charge in [-0.3, -0.25) is 9.59 Å². The number of ether oxygens (including phenoxy) is 1. The highest BCUT2D eigenvalue weighted by atomic mass is 19.1. The normalized spacial score (nSPS) is 11.8. The maximum Gasteiger partial charge on any atom is 0.242 e. The second-order valence-corrected chi connectivity index (χ2v) is 7.49. The van der Waals surface area contributed by atoms with Crippen molar-refractivity contribution < 1.29 is 18.7 Å². The van der Waals surface area contributed by atoms with Crippen LogP contribution >= 0.6 is 0 Å². The van der Waals surface area contributed by atoms with Gasteiger partial charge < -0.3 is 15.0 Å². The van der Waals surface area contributed by atoms with E-state index in [1.165, 1.54) is 17.0 Å². The predicted molar refractivity (Wildman–Crippen MR) is 111 cm³/mol. The van der Waals surface area contributed by atoms with Gasteiger partial charge in [0.2, 0.25) is 11.8 Å². The molecule has 156 valence electrons. The molecule has 1 atom stereocenters. The van der Waals surface area contributed by atoms with Crippen molar-refractivity contribution in [3.63, 3.8) is 0 Å². The molecule has 2 aromatic rings. The van der Waals surface area contributed by atoms with Crippen molar-refractivity contribution in [2.45, 2.75) is 39.8 Å². The minimum Gasteiger partial charge on any atom is -0.497 e. The van der Waals surface area contributed by atoms with E-state index in [4.69, 9.17) is 4.74 Å². The topological polar surface area (TPSA) is 58.6 Å². The molecule has 6 heteroatoms. The molecule has 0 bridgehead atoms. The van der Waals surface area contributed by atoms with E-state index in [0.29, 0.717) is 18.2 Å². The van der Waals surface area contributed by atoms with Crippen molar-refractivity contribution in [3.05, 3.63) is 65.5 Å². The fourth-order valence-electron chi connectivity index (χ4n) is 2.84. The third-order valence-electron chi connectivity index (χ3n) is 4.63. The van der Waals surface area contributed by atoms with Crippen LogP contribution < -0.4 is 10.1 Å².